The number of hydrogen-bond acceptors (Lipinski definition) is 7. The van der Waals surface area contributed by atoms with Gasteiger partial charge in [-0.3, -0.25) is 14.4 Å². The van der Waals surface area contributed by atoms with Crippen LogP contribution in [0.4, 0.5) is 5.69 Å². The molecule has 0 saturated carbocycles. The Balaban J connectivity index is 1.21. The zero-order valence-corrected chi connectivity index (χ0v) is 25.4. The Morgan fingerprint density at radius 2 is 1.76 bits per heavy atom. The maximum atomic E-state index is 14.0. The predicted molar refractivity (Wildman–Crippen MR) is 170 cm³/mol. The average Bonchev–Trinajstić information content (AvgIpc) is 3.79. The minimum atomic E-state index is -0.674. The van der Waals surface area contributed by atoms with Gasteiger partial charge in [-0.1, -0.05) is 42.5 Å². The van der Waals surface area contributed by atoms with Crippen LogP contribution in [-0.4, -0.2) is 50.5 Å². The van der Waals surface area contributed by atoms with Gasteiger partial charge >= 0.3 is 5.97 Å². The van der Waals surface area contributed by atoms with E-state index in [1.807, 2.05) is 72.8 Å². The summed E-state index contributed by atoms with van der Waals surface area (Å²) in [6, 6.07) is 24.5. The van der Waals surface area contributed by atoms with Crippen LogP contribution in [0.25, 0.3) is 33.6 Å². The van der Waals surface area contributed by atoms with Gasteiger partial charge < -0.3 is 24.4 Å². The summed E-state index contributed by atoms with van der Waals surface area (Å²) in [6.07, 6.45) is 1.17. The van der Waals surface area contributed by atoms with Crippen molar-refractivity contribution in [3.05, 3.63) is 90.3 Å². The molecule has 1 fully saturated rings. The lowest BCUT2D eigenvalue weighted by Crippen LogP contribution is -2.36. The van der Waals surface area contributed by atoms with Crippen LogP contribution >= 0.6 is 0 Å². The summed E-state index contributed by atoms with van der Waals surface area (Å²) < 4.78 is 11.6. The van der Waals surface area contributed by atoms with E-state index in [1.165, 1.54) is 6.92 Å². The number of nitrogens with one attached hydrogen (secondary N) is 2. The topological polar surface area (TPSA) is 130 Å². The molecule has 0 aliphatic carbocycles. The quantitative estimate of drug-likeness (QED) is 0.180. The van der Waals surface area contributed by atoms with E-state index in [9.17, 15) is 14.4 Å². The average molecular weight is 606 g/mol. The highest BCUT2D eigenvalue weighted by Crippen LogP contribution is 2.37. The lowest BCUT2D eigenvalue weighted by Gasteiger charge is -2.27. The zero-order chi connectivity index (χ0) is 31.5. The standard InChI is InChI=1S/C35H35N5O5/c1-21(2)44-32(42)20-28(23-8-5-4-6-9-23)35(43)40-17-7-10-31(40)34-39-38-33(45-34)25-13-16-29-26(18-25)19-30(37-29)24-11-14-27(15-12-24)36-22(3)41/h4-6,8-9,11-16,18-19,21,28,31,37H,7,10,17,20H2,1-3H3,(H,36,41)/t28-,31+/m1/s1. The molecule has 230 valence electrons. The predicted octanol–water partition coefficient (Wildman–Crippen LogP) is 6.63. The molecule has 0 unspecified atom stereocenters. The molecule has 3 heterocycles. The number of carbonyl (C=O) groups excluding carboxylic acids is 3. The second-order valence-corrected chi connectivity index (χ2v) is 11.6. The number of amides is 2. The van der Waals surface area contributed by atoms with E-state index in [4.69, 9.17) is 9.15 Å². The second-order valence-electron chi connectivity index (χ2n) is 11.6. The van der Waals surface area contributed by atoms with Gasteiger partial charge in [-0.25, -0.2) is 0 Å². The summed E-state index contributed by atoms with van der Waals surface area (Å²) in [5, 5.41) is 12.5. The van der Waals surface area contributed by atoms with Crippen LogP contribution in [0.15, 0.2) is 83.3 Å². The first-order valence-electron chi connectivity index (χ1n) is 15.1. The Kier molecular flexibility index (Phi) is 8.46. The summed E-state index contributed by atoms with van der Waals surface area (Å²) >= 11 is 0. The summed E-state index contributed by atoms with van der Waals surface area (Å²) in [5.41, 5.74) is 5.15. The van der Waals surface area contributed by atoms with Crippen LogP contribution in [0.1, 0.15) is 63.4 Å². The van der Waals surface area contributed by atoms with Gasteiger partial charge in [-0.05, 0) is 74.2 Å². The van der Waals surface area contributed by atoms with Crippen molar-refractivity contribution in [3.63, 3.8) is 0 Å². The molecule has 10 nitrogen and oxygen atoms in total. The molecule has 6 rings (SSSR count). The van der Waals surface area contributed by atoms with Gasteiger partial charge in [0.15, 0.2) is 0 Å². The molecule has 1 aliphatic heterocycles. The van der Waals surface area contributed by atoms with E-state index in [-0.39, 0.29) is 30.4 Å². The van der Waals surface area contributed by atoms with Crippen molar-refractivity contribution in [2.45, 2.75) is 58.1 Å². The van der Waals surface area contributed by atoms with Crippen LogP contribution in [0.3, 0.4) is 0 Å². The SMILES string of the molecule is CC(=O)Nc1ccc(-c2cc3cc(-c4nnc([C@@H]5CCCN5C(=O)[C@H](CC(=O)OC(C)C)c5ccccc5)o4)ccc3[nH]2)cc1. The fourth-order valence-electron chi connectivity index (χ4n) is 5.84. The van der Waals surface area contributed by atoms with Crippen LogP contribution in [0.5, 0.6) is 0 Å². The summed E-state index contributed by atoms with van der Waals surface area (Å²) in [4.78, 5) is 43.1. The molecule has 2 N–H and O–H groups in total. The van der Waals surface area contributed by atoms with Gasteiger partial charge in [0.2, 0.25) is 23.6 Å². The van der Waals surface area contributed by atoms with Gasteiger partial charge in [0.05, 0.1) is 18.4 Å². The van der Waals surface area contributed by atoms with Crippen molar-refractivity contribution >= 4 is 34.4 Å². The smallest absolute Gasteiger partial charge is 0.307 e. The Bertz CT molecular complexity index is 1830. The maximum absolute atomic E-state index is 14.0. The zero-order valence-electron chi connectivity index (χ0n) is 25.4. The summed E-state index contributed by atoms with van der Waals surface area (Å²) in [5.74, 6) is -0.608. The molecule has 2 atom stereocenters. The molecule has 2 aromatic heterocycles. The van der Waals surface area contributed by atoms with Gasteiger partial charge in [0.25, 0.3) is 0 Å². The summed E-state index contributed by atoms with van der Waals surface area (Å²) in [6.45, 7) is 5.60. The van der Waals surface area contributed by atoms with Gasteiger partial charge in [-0.15, -0.1) is 10.2 Å². The Hall–Kier alpha value is -5.25. The molecule has 0 spiro atoms. The number of fused-ring (bicyclic) bond motifs is 1. The monoisotopic (exact) mass is 605 g/mol. The largest absolute Gasteiger partial charge is 0.463 e. The first-order valence-corrected chi connectivity index (χ1v) is 15.1. The lowest BCUT2D eigenvalue weighted by atomic mass is 9.94. The number of nitrogens with zero attached hydrogens (tertiary/aromatic N) is 3. The third-order valence-corrected chi connectivity index (χ3v) is 7.88. The third-order valence-electron chi connectivity index (χ3n) is 7.88. The highest BCUT2D eigenvalue weighted by Gasteiger charge is 2.38. The fourth-order valence-corrected chi connectivity index (χ4v) is 5.84. The number of aromatic nitrogens is 3. The molecule has 3 aromatic carbocycles. The third kappa shape index (κ3) is 6.64. The van der Waals surface area contributed by atoms with E-state index >= 15 is 0 Å². The number of likely N-dealkylation sites (tertiary alicyclic amines) is 1. The number of benzene rings is 3. The molecule has 0 bridgehead atoms. The van der Waals surface area contributed by atoms with Gasteiger partial charge in [0, 0.05) is 41.3 Å². The molecular weight excluding hydrogens is 570 g/mol. The minimum absolute atomic E-state index is 0.0442. The van der Waals surface area contributed by atoms with E-state index in [0.29, 0.717) is 24.7 Å². The van der Waals surface area contributed by atoms with Crippen molar-refractivity contribution in [1.82, 2.24) is 20.1 Å². The van der Waals surface area contributed by atoms with Crippen molar-refractivity contribution in [1.29, 1.82) is 0 Å². The first-order chi connectivity index (χ1) is 21.7. The maximum Gasteiger partial charge on any atom is 0.307 e. The molecule has 45 heavy (non-hydrogen) atoms. The molecule has 5 aromatic rings. The summed E-state index contributed by atoms with van der Waals surface area (Å²) in [7, 11) is 0. The van der Waals surface area contributed by atoms with Crippen molar-refractivity contribution < 1.29 is 23.5 Å². The number of hydrogen-bond donors (Lipinski definition) is 2. The van der Waals surface area contributed by atoms with Crippen LogP contribution in [0.2, 0.25) is 0 Å². The van der Waals surface area contributed by atoms with E-state index < -0.39 is 11.9 Å². The second kappa shape index (κ2) is 12.8. The van der Waals surface area contributed by atoms with Crippen molar-refractivity contribution in [2.24, 2.45) is 0 Å². The Morgan fingerprint density at radius 3 is 2.49 bits per heavy atom. The molecular formula is C35H35N5O5. The highest BCUT2D eigenvalue weighted by atomic mass is 16.5. The number of rotatable bonds is 9. The number of anilines is 1. The number of H-pyrrole nitrogens is 1. The number of esters is 1. The number of aromatic amines is 1. The van der Waals surface area contributed by atoms with E-state index in [2.05, 4.69) is 26.6 Å². The molecule has 10 heteroatoms. The molecule has 2 amide bonds. The normalized spacial score (nSPS) is 15.4. The van der Waals surface area contributed by atoms with Gasteiger partial charge in [0.1, 0.15) is 6.04 Å². The van der Waals surface area contributed by atoms with Gasteiger partial charge in [-0.2, -0.15) is 0 Å². The van der Waals surface area contributed by atoms with Crippen molar-refractivity contribution in [3.8, 4) is 22.7 Å². The first kappa shape index (κ1) is 29.8. The molecule has 1 saturated heterocycles. The van der Waals surface area contributed by atoms with E-state index in [0.717, 1.165) is 45.4 Å². The Labute approximate surface area is 260 Å². The van der Waals surface area contributed by atoms with E-state index in [1.54, 1.807) is 18.7 Å². The highest BCUT2D eigenvalue weighted by molar-refractivity contribution is 5.91. The number of ether oxygens (including phenoxy) is 1. The van der Waals surface area contributed by atoms with Crippen LogP contribution in [0, 0.1) is 0 Å². The molecule has 1 aliphatic rings. The minimum Gasteiger partial charge on any atom is -0.463 e. The number of carbonyl (C=O) groups is 3. The molecule has 0 radical (unpaired) electrons. The van der Waals surface area contributed by atoms with Crippen LogP contribution < -0.4 is 5.32 Å². The lowest BCUT2D eigenvalue weighted by molar-refractivity contribution is -0.150. The van der Waals surface area contributed by atoms with Crippen molar-refractivity contribution in [2.75, 3.05) is 11.9 Å². The Morgan fingerprint density at radius 1 is 1.00 bits per heavy atom. The van der Waals surface area contributed by atoms with Crippen LogP contribution in [-0.2, 0) is 19.1 Å². The fraction of sp³-hybridized carbons (Fsp3) is 0.286.